The van der Waals surface area contributed by atoms with Crippen molar-refractivity contribution in [2.75, 3.05) is 6.61 Å². The van der Waals surface area contributed by atoms with Crippen LogP contribution in [-0.4, -0.2) is 37.0 Å². The van der Waals surface area contributed by atoms with Gasteiger partial charge in [-0.2, -0.15) is 0 Å². The van der Waals surface area contributed by atoms with Crippen molar-refractivity contribution in [3.8, 4) is 0 Å². The van der Waals surface area contributed by atoms with Gasteiger partial charge >= 0.3 is 11.9 Å². The number of hydrogen-bond donors (Lipinski definition) is 0. The van der Waals surface area contributed by atoms with Crippen molar-refractivity contribution in [3.05, 3.63) is 34.6 Å². The molecule has 0 N–H and O–H groups in total. The first-order valence-electron chi connectivity index (χ1n) is 10.5. The van der Waals surface area contributed by atoms with Crippen LogP contribution in [0.4, 0.5) is 0 Å². The SMILES string of the molecule is CCC1CCC2=C([C@H]3OC/C(=C/O[C@H]4C=C(C)C(=O)O4)[C@H]3[C@@H]2OC(C)=O)C1(C)C. The lowest BCUT2D eigenvalue weighted by atomic mass is 9.64. The lowest BCUT2D eigenvalue weighted by Crippen LogP contribution is -2.34. The Morgan fingerprint density at radius 1 is 1.38 bits per heavy atom. The summed E-state index contributed by atoms with van der Waals surface area (Å²) in [5, 5.41) is 0. The molecule has 0 aromatic heterocycles. The zero-order valence-electron chi connectivity index (χ0n) is 17.8. The highest BCUT2D eigenvalue weighted by Crippen LogP contribution is 2.57. The molecule has 2 aliphatic heterocycles. The van der Waals surface area contributed by atoms with Gasteiger partial charge in [0.05, 0.1) is 24.9 Å². The van der Waals surface area contributed by atoms with E-state index in [1.807, 2.05) is 0 Å². The minimum Gasteiger partial charge on any atom is -0.459 e. The van der Waals surface area contributed by atoms with Gasteiger partial charge in [-0.3, -0.25) is 4.79 Å². The molecule has 1 fully saturated rings. The Labute approximate surface area is 171 Å². The van der Waals surface area contributed by atoms with Gasteiger partial charge in [0.15, 0.2) is 0 Å². The molecule has 2 aliphatic carbocycles. The fourth-order valence-corrected chi connectivity index (χ4v) is 5.59. The summed E-state index contributed by atoms with van der Waals surface area (Å²) in [7, 11) is 0. The lowest BCUT2D eigenvalue weighted by Gasteiger charge is -2.42. The number of fused-ring (bicyclic) bond motifs is 2. The van der Waals surface area contributed by atoms with Gasteiger partial charge in [0.25, 0.3) is 6.29 Å². The summed E-state index contributed by atoms with van der Waals surface area (Å²) in [6.45, 7) is 10.4. The van der Waals surface area contributed by atoms with Gasteiger partial charge in [-0.1, -0.05) is 27.2 Å². The number of carbonyl (C=O) groups excluding carboxylic acids is 2. The third-order valence-corrected chi connectivity index (χ3v) is 7.03. The third kappa shape index (κ3) is 3.31. The molecule has 158 valence electrons. The van der Waals surface area contributed by atoms with E-state index in [2.05, 4.69) is 20.8 Å². The average Bonchev–Trinajstić information content (AvgIpc) is 3.28. The topological polar surface area (TPSA) is 71.1 Å². The summed E-state index contributed by atoms with van der Waals surface area (Å²) in [5.74, 6) is -0.150. The molecule has 1 unspecified atom stereocenters. The molecule has 6 heteroatoms. The van der Waals surface area contributed by atoms with Crippen LogP contribution in [-0.2, 0) is 28.5 Å². The van der Waals surface area contributed by atoms with Gasteiger partial charge in [0, 0.05) is 24.1 Å². The van der Waals surface area contributed by atoms with Crippen molar-refractivity contribution in [2.24, 2.45) is 17.3 Å². The maximum Gasteiger partial charge on any atom is 0.336 e. The molecule has 4 aliphatic rings. The van der Waals surface area contributed by atoms with Crippen molar-refractivity contribution in [1.29, 1.82) is 0 Å². The minimum atomic E-state index is -0.717. The molecular weight excluding hydrogens is 372 g/mol. The molecule has 4 rings (SSSR count). The normalized spacial score (nSPS) is 36.6. The minimum absolute atomic E-state index is 0.00269. The number of rotatable bonds is 4. The van der Waals surface area contributed by atoms with Crippen LogP contribution in [0.3, 0.4) is 0 Å². The fourth-order valence-electron chi connectivity index (χ4n) is 5.59. The Morgan fingerprint density at radius 2 is 2.14 bits per heavy atom. The summed E-state index contributed by atoms with van der Waals surface area (Å²) >= 11 is 0. The van der Waals surface area contributed by atoms with Crippen LogP contribution in [0, 0.1) is 17.3 Å². The van der Waals surface area contributed by atoms with Gasteiger partial charge in [0.1, 0.15) is 6.10 Å². The smallest absolute Gasteiger partial charge is 0.336 e. The first-order chi connectivity index (χ1) is 13.7. The Hall–Kier alpha value is -2.08. The molecule has 6 nitrogen and oxygen atoms in total. The monoisotopic (exact) mass is 402 g/mol. The van der Waals surface area contributed by atoms with Gasteiger partial charge in [-0.15, -0.1) is 0 Å². The van der Waals surface area contributed by atoms with Crippen molar-refractivity contribution in [1.82, 2.24) is 0 Å². The van der Waals surface area contributed by atoms with E-state index in [4.69, 9.17) is 18.9 Å². The predicted molar refractivity (Wildman–Crippen MR) is 105 cm³/mol. The first kappa shape index (κ1) is 20.2. The number of hydrogen-bond acceptors (Lipinski definition) is 6. The summed E-state index contributed by atoms with van der Waals surface area (Å²) in [6, 6.07) is 0. The van der Waals surface area contributed by atoms with E-state index < -0.39 is 6.29 Å². The largest absolute Gasteiger partial charge is 0.459 e. The number of cyclic esters (lactones) is 1. The zero-order chi connectivity index (χ0) is 20.9. The van der Waals surface area contributed by atoms with Gasteiger partial charge < -0.3 is 18.9 Å². The van der Waals surface area contributed by atoms with Crippen LogP contribution in [0.1, 0.15) is 53.9 Å². The molecule has 0 amide bonds. The Morgan fingerprint density at radius 3 is 2.76 bits per heavy atom. The summed E-state index contributed by atoms with van der Waals surface area (Å²) in [6.07, 6.45) is 5.30. The molecule has 0 aromatic carbocycles. The van der Waals surface area contributed by atoms with E-state index in [1.165, 1.54) is 18.1 Å². The van der Waals surface area contributed by atoms with E-state index in [9.17, 15) is 9.59 Å². The average molecular weight is 402 g/mol. The molecule has 5 atom stereocenters. The second kappa shape index (κ2) is 7.31. The quantitative estimate of drug-likeness (QED) is 0.404. The van der Waals surface area contributed by atoms with Crippen LogP contribution < -0.4 is 0 Å². The maximum atomic E-state index is 11.9. The third-order valence-electron chi connectivity index (χ3n) is 7.03. The Balaban J connectivity index is 1.63. The second-order valence-corrected chi connectivity index (χ2v) is 9.04. The predicted octanol–water partition coefficient (Wildman–Crippen LogP) is 3.82. The molecular formula is C23H30O6. The Kier molecular flexibility index (Phi) is 5.09. The molecule has 0 bridgehead atoms. The van der Waals surface area contributed by atoms with Gasteiger partial charge in [0.2, 0.25) is 0 Å². The summed E-state index contributed by atoms with van der Waals surface area (Å²) in [5.41, 5.74) is 4.00. The van der Waals surface area contributed by atoms with Crippen LogP contribution >= 0.6 is 0 Å². The van der Waals surface area contributed by atoms with E-state index in [0.29, 0.717) is 18.1 Å². The van der Waals surface area contributed by atoms with Crippen molar-refractivity contribution >= 4 is 11.9 Å². The van der Waals surface area contributed by atoms with Gasteiger partial charge in [-0.25, -0.2) is 4.79 Å². The molecule has 0 saturated carbocycles. The van der Waals surface area contributed by atoms with E-state index in [0.717, 1.165) is 24.8 Å². The van der Waals surface area contributed by atoms with Crippen LogP contribution in [0.15, 0.2) is 34.6 Å². The molecule has 1 saturated heterocycles. The highest BCUT2D eigenvalue weighted by molar-refractivity contribution is 5.89. The molecule has 29 heavy (non-hydrogen) atoms. The number of esters is 2. The standard InChI is InChI=1S/C23H30O6/c1-6-15-7-8-16-19(23(15,4)5)21-18(20(16)28-13(3)24)14(11-27-21)10-26-17-9-12(2)22(25)29-17/h9-10,15,17-18,20-21H,6-8,11H2,1-5H3/b14-10-/t15?,17-,18+,20-,21+/m1/s1. The summed E-state index contributed by atoms with van der Waals surface area (Å²) < 4.78 is 22.9. The highest BCUT2D eigenvalue weighted by Gasteiger charge is 2.56. The second-order valence-electron chi connectivity index (χ2n) is 9.04. The van der Waals surface area contributed by atoms with E-state index in [1.54, 1.807) is 19.3 Å². The molecule has 0 aromatic rings. The lowest BCUT2D eigenvalue weighted by molar-refractivity contribution is -0.152. The van der Waals surface area contributed by atoms with Crippen LogP contribution in [0.25, 0.3) is 0 Å². The molecule has 0 spiro atoms. The zero-order valence-corrected chi connectivity index (χ0v) is 17.8. The maximum absolute atomic E-state index is 11.9. The van der Waals surface area contributed by atoms with Crippen molar-refractivity contribution in [2.45, 2.75) is 72.4 Å². The van der Waals surface area contributed by atoms with E-state index >= 15 is 0 Å². The fraction of sp³-hybridized carbons (Fsp3) is 0.652. The molecule has 2 heterocycles. The Bertz CT molecular complexity index is 817. The van der Waals surface area contributed by atoms with Crippen LogP contribution in [0.5, 0.6) is 0 Å². The van der Waals surface area contributed by atoms with Crippen molar-refractivity contribution in [3.63, 3.8) is 0 Å². The van der Waals surface area contributed by atoms with E-state index in [-0.39, 0.29) is 35.5 Å². The number of carbonyl (C=O) groups is 2. The number of ether oxygens (including phenoxy) is 4. The van der Waals surface area contributed by atoms with Gasteiger partial charge in [-0.05, 0) is 42.2 Å². The molecule has 0 radical (unpaired) electrons. The highest BCUT2D eigenvalue weighted by atomic mass is 16.7. The first-order valence-corrected chi connectivity index (χ1v) is 10.5. The van der Waals surface area contributed by atoms with Crippen LogP contribution in [0.2, 0.25) is 0 Å². The summed E-state index contributed by atoms with van der Waals surface area (Å²) in [4.78, 5) is 23.4. The van der Waals surface area contributed by atoms with Crippen molar-refractivity contribution < 1.29 is 28.5 Å².